The van der Waals surface area contributed by atoms with E-state index in [2.05, 4.69) is 20.0 Å². The molecule has 1 heterocycles. The van der Waals surface area contributed by atoms with Gasteiger partial charge in [-0.05, 0) is 24.3 Å². The summed E-state index contributed by atoms with van der Waals surface area (Å²) in [4.78, 5) is 7.82. The topological polar surface area (TPSA) is 82.3 Å². The highest BCUT2D eigenvalue weighted by atomic mass is 19.3. The molecular weight excluding hydrogens is 270 g/mol. The van der Waals surface area contributed by atoms with Gasteiger partial charge < -0.3 is 20.5 Å². The number of hydrogen-bond donors (Lipinski definition) is 2. The summed E-state index contributed by atoms with van der Waals surface area (Å²) >= 11 is 0. The molecule has 0 radical (unpaired) electrons. The summed E-state index contributed by atoms with van der Waals surface area (Å²) in [6.45, 7) is -2.85. The summed E-state index contributed by atoms with van der Waals surface area (Å²) in [6.07, 6.45) is 1.30. The molecule has 2 aromatic rings. The summed E-state index contributed by atoms with van der Waals surface area (Å²) in [5.74, 6) is 0.679. The van der Waals surface area contributed by atoms with Gasteiger partial charge in [0.2, 0.25) is 5.88 Å². The van der Waals surface area contributed by atoms with Crippen molar-refractivity contribution in [1.29, 1.82) is 0 Å². The number of nitrogens with one attached hydrogen (secondary N) is 1. The van der Waals surface area contributed by atoms with Crippen molar-refractivity contribution in [2.24, 2.45) is 0 Å². The summed E-state index contributed by atoms with van der Waals surface area (Å²) in [5.41, 5.74) is 6.66. The molecule has 1 aromatic carbocycles. The Morgan fingerprint density at radius 1 is 1.20 bits per heavy atom. The molecule has 8 heteroatoms. The maximum Gasteiger partial charge on any atom is 0.387 e. The van der Waals surface area contributed by atoms with Crippen molar-refractivity contribution in [1.82, 2.24) is 9.97 Å². The van der Waals surface area contributed by atoms with Crippen LogP contribution in [0.4, 0.5) is 26.0 Å². The number of hydrogen-bond acceptors (Lipinski definition) is 6. The molecule has 0 amide bonds. The zero-order valence-electron chi connectivity index (χ0n) is 10.5. The molecule has 0 aliphatic heterocycles. The van der Waals surface area contributed by atoms with E-state index in [1.807, 2.05) is 0 Å². The van der Waals surface area contributed by atoms with E-state index in [1.165, 1.54) is 25.6 Å². The maximum atomic E-state index is 12.0. The van der Waals surface area contributed by atoms with Gasteiger partial charge in [-0.25, -0.2) is 4.98 Å². The van der Waals surface area contributed by atoms with Crippen LogP contribution < -0.4 is 20.5 Å². The number of nitrogens with two attached hydrogens (primary N) is 1. The van der Waals surface area contributed by atoms with Crippen LogP contribution >= 0.6 is 0 Å². The van der Waals surface area contributed by atoms with Crippen LogP contribution in [0.2, 0.25) is 0 Å². The van der Waals surface area contributed by atoms with Gasteiger partial charge in [0.25, 0.3) is 0 Å². The van der Waals surface area contributed by atoms with Crippen LogP contribution in [-0.4, -0.2) is 23.7 Å². The lowest BCUT2D eigenvalue weighted by Crippen LogP contribution is -2.04. The van der Waals surface area contributed by atoms with Crippen LogP contribution in [0, 0.1) is 0 Å². The monoisotopic (exact) mass is 282 g/mol. The molecule has 0 atom stereocenters. The third kappa shape index (κ3) is 3.22. The minimum atomic E-state index is -2.85. The zero-order chi connectivity index (χ0) is 14.5. The molecule has 6 nitrogen and oxygen atoms in total. The van der Waals surface area contributed by atoms with Crippen molar-refractivity contribution in [2.75, 3.05) is 18.2 Å². The van der Waals surface area contributed by atoms with Gasteiger partial charge in [-0.1, -0.05) is 0 Å². The van der Waals surface area contributed by atoms with Crippen LogP contribution in [-0.2, 0) is 0 Å². The Morgan fingerprint density at radius 2 is 1.90 bits per heavy atom. The van der Waals surface area contributed by atoms with E-state index in [0.717, 1.165) is 0 Å². The first kappa shape index (κ1) is 13.8. The number of nitrogen functional groups attached to an aromatic ring is 1. The van der Waals surface area contributed by atoms with Gasteiger partial charge in [0, 0.05) is 5.69 Å². The van der Waals surface area contributed by atoms with E-state index >= 15 is 0 Å². The molecule has 0 aliphatic rings. The molecule has 20 heavy (non-hydrogen) atoms. The molecule has 0 unspecified atom stereocenters. The molecule has 0 spiro atoms. The van der Waals surface area contributed by atoms with E-state index in [4.69, 9.17) is 10.5 Å². The lowest BCUT2D eigenvalue weighted by atomic mass is 10.3. The highest BCUT2D eigenvalue weighted by molar-refractivity contribution is 5.72. The van der Waals surface area contributed by atoms with E-state index in [9.17, 15) is 8.78 Å². The third-order valence-corrected chi connectivity index (χ3v) is 2.38. The second-order valence-electron chi connectivity index (χ2n) is 3.67. The predicted molar refractivity (Wildman–Crippen MR) is 69.4 cm³/mol. The Morgan fingerprint density at radius 3 is 2.50 bits per heavy atom. The number of alkyl halides is 2. The maximum absolute atomic E-state index is 12.0. The number of benzene rings is 1. The molecule has 0 fully saturated rings. The molecule has 106 valence electrons. The SMILES string of the molecule is COc1ncnc(Nc2ccc(OC(F)F)cc2)c1N. The van der Waals surface area contributed by atoms with Crippen molar-refractivity contribution in [3.05, 3.63) is 30.6 Å². The molecule has 1 aromatic heterocycles. The minimum absolute atomic E-state index is 0.0683. The normalized spacial score (nSPS) is 10.4. The quantitative estimate of drug-likeness (QED) is 0.876. The van der Waals surface area contributed by atoms with Crippen molar-refractivity contribution in [3.63, 3.8) is 0 Å². The fourth-order valence-corrected chi connectivity index (χ4v) is 1.50. The van der Waals surface area contributed by atoms with Gasteiger partial charge >= 0.3 is 6.61 Å². The summed E-state index contributed by atoms with van der Waals surface area (Å²) < 4.78 is 33.3. The number of nitrogens with zero attached hydrogens (tertiary/aromatic N) is 2. The molecule has 3 N–H and O–H groups in total. The van der Waals surface area contributed by atoms with Gasteiger partial charge in [-0.2, -0.15) is 13.8 Å². The number of anilines is 3. The number of aromatic nitrogens is 2. The number of halogens is 2. The largest absolute Gasteiger partial charge is 0.479 e. The molecule has 0 saturated carbocycles. The van der Waals surface area contributed by atoms with E-state index in [1.54, 1.807) is 12.1 Å². The number of methoxy groups -OCH3 is 1. The van der Waals surface area contributed by atoms with Gasteiger partial charge in [-0.15, -0.1) is 0 Å². The number of rotatable bonds is 5. The number of ether oxygens (including phenoxy) is 2. The van der Waals surface area contributed by atoms with Crippen LogP contribution in [0.25, 0.3) is 0 Å². The van der Waals surface area contributed by atoms with Crippen LogP contribution in [0.15, 0.2) is 30.6 Å². The summed E-state index contributed by atoms with van der Waals surface area (Å²) in [6, 6.07) is 5.93. The molecule has 2 rings (SSSR count). The average Bonchev–Trinajstić information content (AvgIpc) is 2.43. The standard InChI is InChI=1S/C12H12F2N4O2/c1-19-11-9(15)10(16-6-17-11)18-7-2-4-8(5-3-7)20-12(13)14/h2-6,12H,15H2,1H3,(H,16,17,18). The first-order valence-electron chi connectivity index (χ1n) is 5.56. The Hall–Kier alpha value is -2.64. The van der Waals surface area contributed by atoms with Gasteiger partial charge in [0.1, 0.15) is 17.8 Å². The van der Waals surface area contributed by atoms with E-state index in [0.29, 0.717) is 11.5 Å². The van der Waals surface area contributed by atoms with Crippen LogP contribution in [0.1, 0.15) is 0 Å². The second-order valence-corrected chi connectivity index (χ2v) is 3.67. The van der Waals surface area contributed by atoms with Crippen molar-refractivity contribution in [2.45, 2.75) is 6.61 Å². The molecule has 0 saturated heterocycles. The Labute approximate surface area is 113 Å². The summed E-state index contributed by atoms with van der Waals surface area (Å²) in [5, 5.41) is 2.93. The highest BCUT2D eigenvalue weighted by Gasteiger charge is 2.09. The zero-order valence-corrected chi connectivity index (χ0v) is 10.5. The van der Waals surface area contributed by atoms with Crippen molar-refractivity contribution in [3.8, 4) is 11.6 Å². The van der Waals surface area contributed by atoms with E-state index < -0.39 is 6.61 Å². The lowest BCUT2D eigenvalue weighted by Gasteiger charge is -2.10. The molecule has 0 aliphatic carbocycles. The van der Waals surface area contributed by atoms with Gasteiger partial charge in [0.05, 0.1) is 7.11 Å². The fraction of sp³-hybridized carbons (Fsp3) is 0.167. The Bertz CT molecular complexity index is 578. The van der Waals surface area contributed by atoms with Crippen molar-refractivity contribution < 1.29 is 18.3 Å². The minimum Gasteiger partial charge on any atom is -0.479 e. The highest BCUT2D eigenvalue weighted by Crippen LogP contribution is 2.27. The average molecular weight is 282 g/mol. The second kappa shape index (κ2) is 6.00. The third-order valence-electron chi connectivity index (χ3n) is 2.38. The molecular formula is C12H12F2N4O2. The Kier molecular flexibility index (Phi) is 4.14. The first-order chi connectivity index (χ1) is 9.60. The first-order valence-corrected chi connectivity index (χ1v) is 5.56. The predicted octanol–water partition coefficient (Wildman–Crippen LogP) is 2.41. The fourth-order valence-electron chi connectivity index (χ4n) is 1.50. The Balaban J connectivity index is 2.14. The van der Waals surface area contributed by atoms with Crippen LogP contribution in [0.3, 0.4) is 0 Å². The van der Waals surface area contributed by atoms with Crippen molar-refractivity contribution >= 4 is 17.2 Å². The van der Waals surface area contributed by atoms with E-state index in [-0.39, 0.29) is 17.3 Å². The lowest BCUT2D eigenvalue weighted by molar-refractivity contribution is -0.0498. The van der Waals surface area contributed by atoms with Gasteiger partial charge in [0.15, 0.2) is 5.82 Å². The smallest absolute Gasteiger partial charge is 0.387 e. The van der Waals surface area contributed by atoms with Gasteiger partial charge in [-0.3, -0.25) is 0 Å². The van der Waals surface area contributed by atoms with Crippen LogP contribution in [0.5, 0.6) is 11.6 Å². The molecule has 0 bridgehead atoms. The summed E-state index contributed by atoms with van der Waals surface area (Å²) in [7, 11) is 1.44.